The largest absolute Gasteiger partial charge is 0.347 e. The maximum atomic E-state index is 12.6. The van der Waals surface area contributed by atoms with Crippen LogP contribution in [-0.2, 0) is 0 Å². The summed E-state index contributed by atoms with van der Waals surface area (Å²) in [6.45, 7) is 5.75. The van der Waals surface area contributed by atoms with E-state index < -0.39 is 0 Å². The molecule has 2 amide bonds. The topological polar surface area (TPSA) is 58.2 Å². The fraction of sp³-hybridized carbons (Fsp3) is 0.263. The van der Waals surface area contributed by atoms with E-state index in [0.29, 0.717) is 16.8 Å². The summed E-state index contributed by atoms with van der Waals surface area (Å²) < 4.78 is 0. The molecule has 2 rings (SSSR count). The van der Waals surface area contributed by atoms with Crippen molar-refractivity contribution in [3.63, 3.8) is 0 Å². The maximum absolute atomic E-state index is 12.6. The number of hydrogen-bond acceptors (Lipinski definition) is 3. The van der Waals surface area contributed by atoms with Gasteiger partial charge >= 0.3 is 0 Å². The lowest BCUT2D eigenvalue weighted by atomic mass is 10.1. The van der Waals surface area contributed by atoms with Crippen molar-refractivity contribution in [3.8, 4) is 0 Å². The lowest BCUT2D eigenvalue weighted by Crippen LogP contribution is -2.40. The normalized spacial score (nSPS) is 11.0. The number of nitrogens with one attached hydrogen (secondary N) is 2. The molecule has 0 fully saturated rings. The number of hydrogen-bond donors (Lipinski definition) is 2. The Bertz CT molecular complexity index is 751. The fourth-order valence-electron chi connectivity index (χ4n) is 2.22. The van der Waals surface area contributed by atoms with Crippen LogP contribution in [0.2, 0.25) is 0 Å². The van der Waals surface area contributed by atoms with Crippen molar-refractivity contribution in [1.29, 1.82) is 0 Å². The Morgan fingerprint density at radius 2 is 1.46 bits per heavy atom. The van der Waals surface area contributed by atoms with E-state index >= 15 is 0 Å². The van der Waals surface area contributed by atoms with E-state index in [1.54, 1.807) is 30.3 Å². The lowest BCUT2D eigenvalue weighted by Gasteiger charge is -2.21. The smallest absolute Gasteiger partial charge is 0.256 e. The first-order valence-electron chi connectivity index (χ1n) is 7.68. The number of thioether (sulfide) groups is 1. The number of carbonyl (C=O) groups is 2. The van der Waals surface area contributed by atoms with E-state index in [0.717, 1.165) is 4.90 Å². The standard InChI is InChI=1S/C19H22N2O2S/c1-19(2,3)21-18(23)13-9-5-7-11-15(13)20-17(22)14-10-6-8-12-16(14)24-4/h5-12H,1-4H3,(H,20,22)(H,21,23). The molecule has 2 aromatic rings. The predicted octanol–water partition coefficient (Wildman–Crippen LogP) is 4.19. The van der Waals surface area contributed by atoms with Crippen LogP contribution >= 0.6 is 11.8 Å². The first-order valence-corrected chi connectivity index (χ1v) is 8.90. The van der Waals surface area contributed by atoms with Crippen LogP contribution in [0, 0.1) is 0 Å². The van der Waals surface area contributed by atoms with Crippen LogP contribution in [0.1, 0.15) is 41.5 Å². The van der Waals surface area contributed by atoms with Crippen LogP contribution in [0.15, 0.2) is 53.4 Å². The third kappa shape index (κ3) is 4.61. The number of amides is 2. The van der Waals surface area contributed by atoms with Crippen molar-refractivity contribution >= 4 is 29.3 Å². The average molecular weight is 342 g/mol. The molecule has 0 aliphatic rings. The van der Waals surface area contributed by atoms with Gasteiger partial charge in [0.2, 0.25) is 0 Å². The molecule has 5 heteroatoms. The van der Waals surface area contributed by atoms with E-state index in [9.17, 15) is 9.59 Å². The van der Waals surface area contributed by atoms with Crippen LogP contribution in [0.5, 0.6) is 0 Å². The molecule has 126 valence electrons. The molecule has 0 heterocycles. The van der Waals surface area contributed by atoms with Crippen molar-refractivity contribution in [1.82, 2.24) is 5.32 Å². The number of benzene rings is 2. The van der Waals surface area contributed by atoms with Crippen molar-refractivity contribution in [2.24, 2.45) is 0 Å². The molecular formula is C19H22N2O2S. The molecule has 0 saturated carbocycles. The summed E-state index contributed by atoms with van der Waals surface area (Å²) in [5.74, 6) is -0.437. The van der Waals surface area contributed by atoms with Gasteiger partial charge in [-0.15, -0.1) is 11.8 Å². The monoisotopic (exact) mass is 342 g/mol. The number of carbonyl (C=O) groups excluding carboxylic acids is 2. The minimum atomic E-state index is -0.348. The van der Waals surface area contributed by atoms with Gasteiger partial charge < -0.3 is 10.6 Å². The summed E-state index contributed by atoms with van der Waals surface area (Å²) in [5.41, 5.74) is 1.19. The van der Waals surface area contributed by atoms with E-state index in [1.165, 1.54) is 11.8 Å². The molecular weight excluding hydrogens is 320 g/mol. The Hall–Kier alpha value is -2.27. The zero-order valence-corrected chi connectivity index (χ0v) is 15.2. The highest BCUT2D eigenvalue weighted by Crippen LogP contribution is 2.22. The Morgan fingerprint density at radius 3 is 2.08 bits per heavy atom. The van der Waals surface area contributed by atoms with Gasteiger partial charge in [0.1, 0.15) is 0 Å². The van der Waals surface area contributed by atoms with E-state index in [1.807, 2.05) is 45.2 Å². The fourth-order valence-corrected chi connectivity index (χ4v) is 2.82. The molecule has 0 spiro atoms. The van der Waals surface area contributed by atoms with Gasteiger partial charge in [-0.2, -0.15) is 0 Å². The summed E-state index contributed by atoms with van der Waals surface area (Å²) in [4.78, 5) is 25.9. The van der Waals surface area contributed by atoms with Crippen LogP contribution < -0.4 is 10.6 Å². The molecule has 0 unspecified atom stereocenters. The molecule has 0 bridgehead atoms. The summed E-state index contributed by atoms with van der Waals surface area (Å²) in [7, 11) is 0. The summed E-state index contributed by atoms with van der Waals surface area (Å²) >= 11 is 1.51. The predicted molar refractivity (Wildman–Crippen MR) is 99.8 cm³/mol. The van der Waals surface area contributed by atoms with Crippen molar-refractivity contribution < 1.29 is 9.59 Å². The van der Waals surface area contributed by atoms with E-state index in [4.69, 9.17) is 0 Å². The molecule has 0 atom stereocenters. The van der Waals surface area contributed by atoms with Crippen molar-refractivity contribution in [2.45, 2.75) is 31.2 Å². The van der Waals surface area contributed by atoms with Gasteiger partial charge in [0.25, 0.3) is 11.8 Å². The summed E-state index contributed by atoms with van der Waals surface area (Å²) in [5, 5.41) is 5.77. The molecule has 24 heavy (non-hydrogen) atoms. The van der Waals surface area contributed by atoms with Gasteiger partial charge in [-0.3, -0.25) is 9.59 Å². The summed E-state index contributed by atoms with van der Waals surface area (Å²) in [6.07, 6.45) is 1.93. The minimum absolute atomic E-state index is 0.212. The molecule has 2 N–H and O–H groups in total. The molecule has 0 aliphatic heterocycles. The van der Waals surface area contributed by atoms with Crippen LogP contribution in [0.25, 0.3) is 0 Å². The van der Waals surface area contributed by atoms with Gasteiger partial charge in [0, 0.05) is 10.4 Å². The van der Waals surface area contributed by atoms with Crippen molar-refractivity contribution in [2.75, 3.05) is 11.6 Å². The zero-order chi connectivity index (χ0) is 17.7. The lowest BCUT2D eigenvalue weighted by molar-refractivity contribution is 0.0920. The second-order valence-corrected chi connectivity index (χ2v) is 7.25. The molecule has 0 radical (unpaired) electrons. The Balaban J connectivity index is 2.27. The Labute approximate surface area is 147 Å². The third-order valence-electron chi connectivity index (χ3n) is 3.26. The van der Waals surface area contributed by atoms with Crippen LogP contribution in [0.4, 0.5) is 5.69 Å². The van der Waals surface area contributed by atoms with Crippen molar-refractivity contribution in [3.05, 3.63) is 59.7 Å². The van der Waals surface area contributed by atoms with E-state index in [-0.39, 0.29) is 17.4 Å². The maximum Gasteiger partial charge on any atom is 0.256 e. The first kappa shape index (κ1) is 18.1. The zero-order valence-electron chi connectivity index (χ0n) is 14.3. The molecule has 2 aromatic carbocycles. The van der Waals surface area contributed by atoms with Crippen LogP contribution in [0.3, 0.4) is 0 Å². The number of rotatable bonds is 4. The Morgan fingerprint density at radius 1 is 0.875 bits per heavy atom. The Kier molecular flexibility index (Phi) is 5.67. The highest BCUT2D eigenvalue weighted by Gasteiger charge is 2.19. The second-order valence-electron chi connectivity index (χ2n) is 6.40. The van der Waals surface area contributed by atoms with E-state index in [2.05, 4.69) is 10.6 Å². The van der Waals surface area contributed by atoms with Crippen LogP contribution in [-0.4, -0.2) is 23.6 Å². The SMILES string of the molecule is CSc1ccccc1C(=O)Nc1ccccc1C(=O)NC(C)(C)C. The highest BCUT2D eigenvalue weighted by atomic mass is 32.2. The minimum Gasteiger partial charge on any atom is -0.347 e. The van der Waals surface area contributed by atoms with Gasteiger partial charge in [0.05, 0.1) is 16.8 Å². The van der Waals surface area contributed by atoms with Gasteiger partial charge in [-0.25, -0.2) is 0 Å². The highest BCUT2D eigenvalue weighted by molar-refractivity contribution is 7.98. The third-order valence-corrected chi connectivity index (χ3v) is 4.06. The number of para-hydroxylation sites is 1. The molecule has 0 aliphatic carbocycles. The summed E-state index contributed by atoms with van der Waals surface area (Å²) in [6, 6.07) is 14.4. The van der Waals surface area contributed by atoms with Gasteiger partial charge in [0.15, 0.2) is 0 Å². The molecule has 0 aromatic heterocycles. The average Bonchev–Trinajstić information content (AvgIpc) is 2.53. The second kappa shape index (κ2) is 7.53. The molecule has 4 nitrogen and oxygen atoms in total. The number of anilines is 1. The quantitative estimate of drug-likeness (QED) is 0.819. The van der Waals surface area contributed by atoms with Gasteiger partial charge in [-0.1, -0.05) is 24.3 Å². The first-order chi connectivity index (χ1) is 11.3. The van der Waals surface area contributed by atoms with Gasteiger partial charge in [-0.05, 0) is 51.3 Å². The molecule has 0 saturated heterocycles.